The Kier molecular flexibility index (Phi) is 5.80. The summed E-state index contributed by atoms with van der Waals surface area (Å²) in [6, 6.07) is 8.14. The first-order chi connectivity index (χ1) is 17.7. The maximum Gasteiger partial charge on any atom is 0.224 e. The van der Waals surface area contributed by atoms with Gasteiger partial charge in [0.15, 0.2) is 5.65 Å². The molecule has 182 valence electrons. The number of aromatic amines is 2. The molecule has 5 aromatic rings. The molecule has 0 aromatic carbocycles. The maximum atomic E-state index is 12.0. The molecule has 0 bridgehead atoms. The molecule has 5 aromatic heterocycles. The van der Waals surface area contributed by atoms with Gasteiger partial charge in [-0.3, -0.25) is 14.9 Å². The largest absolute Gasteiger partial charge is 0.356 e. The van der Waals surface area contributed by atoms with Gasteiger partial charge in [0, 0.05) is 60.0 Å². The van der Waals surface area contributed by atoms with Crippen molar-refractivity contribution in [3.8, 4) is 22.5 Å². The number of piperidine rings is 1. The number of carbonyl (C=O) groups excluding carboxylic acids is 1. The van der Waals surface area contributed by atoms with Gasteiger partial charge in [0.1, 0.15) is 5.82 Å². The van der Waals surface area contributed by atoms with E-state index in [0.29, 0.717) is 17.8 Å². The number of H-pyrrole nitrogens is 2. The number of carbonyl (C=O) groups is 1. The van der Waals surface area contributed by atoms with Crippen LogP contribution in [0.3, 0.4) is 0 Å². The second-order valence-electron chi connectivity index (χ2n) is 9.28. The lowest BCUT2D eigenvalue weighted by Gasteiger charge is -2.28. The standard InChI is InChI=1S/C27H28N8O/c1-2-6-24(36)31-19-11-17(14-28-16-19)18-12-21-25(33-34-26(21)30-15-18)23-13-20-22(32-23)7-8-29-27(20)35-9-4-3-5-10-35/h7-8,11-16,32H,2-6,9-10H2,1H3,(H,31,36)(H,30,33,34). The van der Waals surface area contributed by atoms with Crippen molar-refractivity contribution in [2.24, 2.45) is 0 Å². The molecule has 1 amide bonds. The summed E-state index contributed by atoms with van der Waals surface area (Å²) in [7, 11) is 0. The molecule has 1 fully saturated rings. The molecule has 1 saturated heterocycles. The van der Waals surface area contributed by atoms with Gasteiger partial charge in [0.05, 0.1) is 28.8 Å². The van der Waals surface area contributed by atoms with Crippen molar-refractivity contribution in [1.29, 1.82) is 0 Å². The summed E-state index contributed by atoms with van der Waals surface area (Å²) in [5.41, 5.74) is 5.95. The third-order valence-electron chi connectivity index (χ3n) is 6.69. The first kappa shape index (κ1) is 22.2. The van der Waals surface area contributed by atoms with E-state index in [1.54, 1.807) is 18.6 Å². The molecule has 1 aliphatic rings. The monoisotopic (exact) mass is 480 g/mol. The van der Waals surface area contributed by atoms with Crippen LogP contribution in [0, 0.1) is 0 Å². The van der Waals surface area contributed by atoms with E-state index in [1.165, 1.54) is 19.3 Å². The summed E-state index contributed by atoms with van der Waals surface area (Å²) in [4.78, 5) is 31.6. The highest BCUT2D eigenvalue weighted by Gasteiger charge is 2.18. The van der Waals surface area contributed by atoms with Crippen LogP contribution in [0.1, 0.15) is 39.0 Å². The van der Waals surface area contributed by atoms with Gasteiger partial charge in [-0.15, -0.1) is 0 Å². The Morgan fingerprint density at radius 1 is 1.03 bits per heavy atom. The molecule has 0 atom stereocenters. The minimum atomic E-state index is -0.0145. The van der Waals surface area contributed by atoms with E-state index in [1.807, 2.05) is 25.3 Å². The van der Waals surface area contributed by atoms with Crippen molar-refractivity contribution < 1.29 is 4.79 Å². The smallest absolute Gasteiger partial charge is 0.224 e. The zero-order valence-electron chi connectivity index (χ0n) is 20.2. The van der Waals surface area contributed by atoms with Crippen molar-refractivity contribution in [2.45, 2.75) is 39.0 Å². The highest BCUT2D eigenvalue weighted by atomic mass is 16.1. The Morgan fingerprint density at radius 2 is 1.89 bits per heavy atom. The molecule has 6 heterocycles. The minimum absolute atomic E-state index is 0.0145. The number of fused-ring (bicyclic) bond motifs is 2. The van der Waals surface area contributed by atoms with E-state index in [2.05, 4.69) is 47.5 Å². The van der Waals surface area contributed by atoms with Gasteiger partial charge in [-0.25, -0.2) is 9.97 Å². The number of hydrogen-bond donors (Lipinski definition) is 3. The van der Waals surface area contributed by atoms with Crippen LogP contribution in [-0.2, 0) is 4.79 Å². The average molecular weight is 481 g/mol. The van der Waals surface area contributed by atoms with Gasteiger partial charge >= 0.3 is 0 Å². The molecule has 9 nitrogen and oxygen atoms in total. The number of rotatable bonds is 6. The van der Waals surface area contributed by atoms with Crippen LogP contribution in [0.15, 0.2) is 49.1 Å². The van der Waals surface area contributed by atoms with Crippen LogP contribution in [-0.4, -0.2) is 49.1 Å². The Labute approximate surface area is 208 Å². The zero-order chi connectivity index (χ0) is 24.5. The zero-order valence-corrected chi connectivity index (χ0v) is 20.2. The van der Waals surface area contributed by atoms with Gasteiger partial charge in [-0.2, -0.15) is 5.10 Å². The average Bonchev–Trinajstić information content (AvgIpc) is 3.53. The molecule has 0 aliphatic carbocycles. The predicted molar refractivity (Wildman–Crippen MR) is 142 cm³/mol. The molecular weight excluding hydrogens is 452 g/mol. The normalized spacial score (nSPS) is 14.0. The van der Waals surface area contributed by atoms with Crippen LogP contribution in [0.5, 0.6) is 0 Å². The van der Waals surface area contributed by atoms with Gasteiger partial charge in [-0.1, -0.05) is 6.92 Å². The fraction of sp³-hybridized carbons (Fsp3) is 0.296. The highest BCUT2D eigenvalue weighted by molar-refractivity contribution is 5.99. The molecule has 9 heteroatoms. The lowest BCUT2D eigenvalue weighted by atomic mass is 10.1. The molecule has 0 saturated carbocycles. The predicted octanol–water partition coefficient (Wildman–Crippen LogP) is 5.29. The molecule has 36 heavy (non-hydrogen) atoms. The lowest BCUT2D eigenvalue weighted by molar-refractivity contribution is -0.116. The number of aromatic nitrogens is 6. The number of nitrogens with one attached hydrogen (secondary N) is 3. The molecule has 0 spiro atoms. The van der Waals surface area contributed by atoms with E-state index in [9.17, 15) is 4.79 Å². The molecule has 6 rings (SSSR count). The number of nitrogens with zero attached hydrogens (tertiary/aromatic N) is 5. The summed E-state index contributed by atoms with van der Waals surface area (Å²) in [5.74, 6) is 1.02. The van der Waals surface area contributed by atoms with Gasteiger partial charge in [-0.05, 0) is 49.9 Å². The third-order valence-corrected chi connectivity index (χ3v) is 6.69. The van der Waals surface area contributed by atoms with Crippen LogP contribution >= 0.6 is 0 Å². The van der Waals surface area contributed by atoms with E-state index in [4.69, 9.17) is 4.98 Å². The van der Waals surface area contributed by atoms with Crippen LogP contribution in [0.2, 0.25) is 0 Å². The van der Waals surface area contributed by atoms with Crippen molar-refractivity contribution >= 4 is 39.3 Å². The summed E-state index contributed by atoms with van der Waals surface area (Å²) >= 11 is 0. The first-order valence-corrected chi connectivity index (χ1v) is 12.5. The second-order valence-corrected chi connectivity index (χ2v) is 9.28. The Morgan fingerprint density at radius 3 is 2.75 bits per heavy atom. The Balaban J connectivity index is 1.37. The van der Waals surface area contributed by atoms with Crippen LogP contribution in [0.25, 0.3) is 44.5 Å². The fourth-order valence-corrected chi connectivity index (χ4v) is 4.91. The van der Waals surface area contributed by atoms with Crippen LogP contribution < -0.4 is 10.2 Å². The molecule has 3 N–H and O–H groups in total. The highest BCUT2D eigenvalue weighted by Crippen LogP contribution is 2.34. The van der Waals surface area contributed by atoms with Gasteiger partial charge in [0.25, 0.3) is 0 Å². The SMILES string of the molecule is CCCC(=O)Nc1cncc(-c2cnc3n[nH]c(-c4cc5c(N6CCCCC6)nccc5[nH]4)c3c2)c1. The van der Waals surface area contributed by atoms with E-state index < -0.39 is 0 Å². The molecule has 0 radical (unpaired) electrons. The third kappa shape index (κ3) is 4.17. The quantitative estimate of drug-likeness (QED) is 0.304. The summed E-state index contributed by atoms with van der Waals surface area (Å²) < 4.78 is 0. The summed E-state index contributed by atoms with van der Waals surface area (Å²) in [5, 5.41) is 12.5. The second kappa shape index (κ2) is 9.41. The number of anilines is 2. The number of hydrogen-bond acceptors (Lipinski definition) is 6. The fourth-order valence-electron chi connectivity index (χ4n) is 4.91. The van der Waals surface area contributed by atoms with Crippen molar-refractivity contribution in [3.63, 3.8) is 0 Å². The molecule has 1 aliphatic heterocycles. The number of amides is 1. The van der Waals surface area contributed by atoms with E-state index >= 15 is 0 Å². The van der Waals surface area contributed by atoms with Crippen molar-refractivity contribution in [2.75, 3.05) is 23.3 Å². The molecule has 0 unspecified atom stereocenters. The van der Waals surface area contributed by atoms with Gasteiger partial charge < -0.3 is 15.2 Å². The summed E-state index contributed by atoms with van der Waals surface area (Å²) in [6.07, 6.45) is 12.1. The topological polar surface area (TPSA) is 115 Å². The van der Waals surface area contributed by atoms with E-state index in [0.717, 1.165) is 64.1 Å². The van der Waals surface area contributed by atoms with E-state index in [-0.39, 0.29) is 5.91 Å². The Hall–Kier alpha value is -4.27. The minimum Gasteiger partial charge on any atom is -0.356 e. The Bertz CT molecular complexity index is 1550. The number of pyridine rings is 3. The van der Waals surface area contributed by atoms with Crippen molar-refractivity contribution in [1.82, 2.24) is 30.1 Å². The van der Waals surface area contributed by atoms with Crippen molar-refractivity contribution in [3.05, 3.63) is 49.1 Å². The lowest BCUT2D eigenvalue weighted by Crippen LogP contribution is -2.30. The maximum absolute atomic E-state index is 12.0. The molecular formula is C27H28N8O. The first-order valence-electron chi connectivity index (χ1n) is 12.5. The van der Waals surface area contributed by atoms with Gasteiger partial charge in [0.2, 0.25) is 5.91 Å². The summed E-state index contributed by atoms with van der Waals surface area (Å²) in [6.45, 7) is 4.06. The van der Waals surface area contributed by atoms with Crippen LogP contribution in [0.4, 0.5) is 11.5 Å².